The Labute approximate surface area is 191 Å². The fourth-order valence-electron chi connectivity index (χ4n) is 4.02. The van der Waals surface area contributed by atoms with Gasteiger partial charge in [-0.3, -0.25) is 9.69 Å². The van der Waals surface area contributed by atoms with Crippen LogP contribution in [0, 0.1) is 5.82 Å². The Kier molecular flexibility index (Phi) is 6.82. The van der Waals surface area contributed by atoms with E-state index in [9.17, 15) is 19.1 Å². The molecule has 33 heavy (non-hydrogen) atoms. The maximum Gasteiger partial charge on any atom is 0.325 e. The highest BCUT2D eigenvalue weighted by Gasteiger charge is 2.52. The minimum Gasteiger partial charge on any atom is -0.389 e. The molecule has 4 rings (SSSR count). The van der Waals surface area contributed by atoms with Gasteiger partial charge in [-0.05, 0) is 17.2 Å². The maximum atomic E-state index is 13.7. The van der Waals surface area contributed by atoms with Gasteiger partial charge in [0.2, 0.25) is 0 Å². The van der Waals surface area contributed by atoms with E-state index in [0.717, 1.165) is 10.5 Å². The number of amides is 3. The van der Waals surface area contributed by atoms with Crippen LogP contribution in [0.1, 0.15) is 16.7 Å². The molecule has 3 aromatic rings. The van der Waals surface area contributed by atoms with E-state index in [0.29, 0.717) is 11.1 Å². The van der Waals surface area contributed by atoms with Crippen LogP contribution in [0.4, 0.5) is 9.18 Å². The Morgan fingerprint density at radius 3 is 2.27 bits per heavy atom. The number of β-amino-alcohol motifs (C(OH)–C–C–N with tert-alkyl or cyclic N) is 1. The van der Waals surface area contributed by atoms with E-state index in [-0.39, 0.29) is 26.2 Å². The summed E-state index contributed by atoms with van der Waals surface area (Å²) >= 11 is 0. The third-order valence-electron chi connectivity index (χ3n) is 5.67. The van der Waals surface area contributed by atoms with Gasteiger partial charge in [0, 0.05) is 12.0 Å². The lowest BCUT2D eigenvalue weighted by Gasteiger charge is -2.28. The van der Waals surface area contributed by atoms with Gasteiger partial charge in [0.05, 0.1) is 25.9 Å². The number of imide groups is 1. The minimum absolute atomic E-state index is 0.0220. The summed E-state index contributed by atoms with van der Waals surface area (Å²) in [6, 6.07) is 24.2. The molecule has 1 fully saturated rings. The number of rotatable bonds is 9. The molecule has 0 saturated carbocycles. The number of hydrogen-bond acceptors (Lipinski definition) is 4. The molecule has 0 unspecified atom stereocenters. The molecule has 1 aliphatic rings. The third kappa shape index (κ3) is 4.94. The van der Waals surface area contributed by atoms with Crippen molar-refractivity contribution in [2.24, 2.45) is 0 Å². The first-order valence-electron chi connectivity index (χ1n) is 10.7. The Hall–Kier alpha value is -3.55. The zero-order valence-electron chi connectivity index (χ0n) is 18.0. The topological polar surface area (TPSA) is 78.9 Å². The molecule has 3 aromatic carbocycles. The van der Waals surface area contributed by atoms with Gasteiger partial charge in [-0.2, -0.15) is 0 Å². The largest absolute Gasteiger partial charge is 0.389 e. The van der Waals surface area contributed by atoms with Crippen LogP contribution < -0.4 is 5.32 Å². The van der Waals surface area contributed by atoms with Gasteiger partial charge in [-0.25, -0.2) is 9.18 Å². The highest BCUT2D eigenvalue weighted by Crippen LogP contribution is 2.33. The molecule has 0 spiro atoms. The van der Waals surface area contributed by atoms with Crippen molar-refractivity contribution in [2.75, 3.05) is 13.2 Å². The van der Waals surface area contributed by atoms with Crippen LogP contribution in [-0.2, 0) is 28.1 Å². The van der Waals surface area contributed by atoms with Gasteiger partial charge in [-0.15, -0.1) is 0 Å². The number of benzene rings is 3. The first-order valence-corrected chi connectivity index (χ1v) is 10.7. The van der Waals surface area contributed by atoms with E-state index >= 15 is 0 Å². The summed E-state index contributed by atoms with van der Waals surface area (Å²) in [6.07, 6.45) is -0.839. The quantitative estimate of drug-likeness (QED) is 0.492. The molecule has 2 N–H and O–H groups in total. The first-order chi connectivity index (χ1) is 16.0. The summed E-state index contributed by atoms with van der Waals surface area (Å²) in [5, 5.41) is 13.3. The van der Waals surface area contributed by atoms with E-state index < -0.39 is 29.4 Å². The smallest absolute Gasteiger partial charge is 0.325 e. The predicted molar refractivity (Wildman–Crippen MR) is 121 cm³/mol. The van der Waals surface area contributed by atoms with Crippen molar-refractivity contribution >= 4 is 11.9 Å². The molecular weight excluding hydrogens is 423 g/mol. The summed E-state index contributed by atoms with van der Waals surface area (Å²) in [4.78, 5) is 27.4. The predicted octanol–water partition coefficient (Wildman–Crippen LogP) is 3.39. The van der Waals surface area contributed by atoms with Crippen LogP contribution in [0.15, 0.2) is 84.9 Å². The number of nitrogens with one attached hydrogen (secondary N) is 1. The molecule has 0 aromatic heterocycles. The second-order valence-electron chi connectivity index (χ2n) is 8.04. The molecule has 6 nitrogen and oxygen atoms in total. The van der Waals surface area contributed by atoms with Crippen LogP contribution in [0.3, 0.4) is 0 Å². The number of hydrogen-bond donors (Lipinski definition) is 2. The van der Waals surface area contributed by atoms with Crippen LogP contribution >= 0.6 is 0 Å². The van der Waals surface area contributed by atoms with Gasteiger partial charge in [0.15, 0.2) is 5.54 Å². The average Bonchev–Trinajstić information content (AvgIpc) is 3.06. The summed E-state index contributed by atoms with van der Waals surface area (Å²) in [5.41, 5.74) is 0.657. The zero-order chi connectivity index (χ0) is 23.3. The summed E-state index contributed by atoms with van der Waals surface area (Å²) in [6.45, 7) is -0.403. The van der Waals surface area contributed by atoms with Crippen LogP contribution in [0.25, 0.3) is 0 Å². The Morgan fingerprint density at radius 1 is 0.939 bits per heavy atom. The van der Waals surface area contributed by atoms with Crippen molar-refractivity contribution in [2.45, 2.75) is 24.7 Å². The number of urea groups is 1. The molecular formula is C26H25FN2O4. The van der Waals surface area contributed by atoms with Crippen LogP contribution in [0.5, 0.6) is 0 Å². The normalized spacial score (nSPS) is 18.9. The van der Waals surface area contributed by atoms with E-state index in [1.54, 1.807) is 30.3 Å². The molecule has 7 heteroatoms. The van der Waals surface area contributed by atoms with Gasteiger partial charge >= 0.3 is 6.03 Å². The third-order valence-corrected chi connectivity index (χ3v) is 5.67. The molecule has 1 saturated heterocycles. The summed E-state index contributed by atoms with van der Waals surface area (Å²) in [5.74, 6) is -0.828. The lowest BCUT2D eigenvalue weighted by molar-refractivity contribution is -0.133. The standard InChI is InChI=1S/C26H25FN2O4/c27-23-14-8-7-11-20(23)17-33-18-22(30)16-29-24(31)26(28-25(29)32,21-12-5-2-6-13-21)15-19-9-3-1-4-10-19/h1-14,22,30H,15-18H2,(H,28,32)/t22-,26-/m0/s1. The number of aliphatic hydroxyl groups is 1. The molecule has 0 radical (unpaired) electrons. The van der Waals surface area contributed by atoms with Crippen molar-refractivity contribution in [1.29, 1.82) is 0 Å². The Bertz CT molecular complexity index is 1110. The number of halogens is 1. The van der Waals surface area contributed by atoms with Crippen molar-refractivity contribution in [3.05, 3.63) is 107 Å². The van der Waals surface area contributed by atoms with Crippen LogP contribution in [-0.4, -0.2) is 41.2 Å². The molecule has 170 valence electrons. The summed E-state index contributed by atoms with van der Waals surface area (Å²) in [7, 11) is 0. The SMILES string of the molecule is O=C1N[C@@](Cc2ccccc2)(c2ccccc2)C(=O)N1C[C@H](O)COCc1ccccc1F. The average molecular weight is 448 g/mol. The Balaban J connectivity index is 1.47. The Morgan fingerprint density at radius 2 is 1.58 bits per heavy atom. The number of carbonyl (C=O) groups excluding carboxylic acids is 2. The van der Waals surface area contributed by atoms with Gasteiger partial charge in [-0.1, -0.05) is 78.9 Å². The lowest BCUT2D eigenvalue weighted by Crippen LogP contribution is -2.46. The maximum absolute atomic E-state index is 13.7. The monoisotopic (exact) mass is 448 g/mol. The second-order valence-corrected chi connectivity index (χ2v) is 8.04. The van der Waals surface area contributed by atoms with Gasteiger partial charge in [0.1, 0.15) is 5.82 Å². The number of carbonyl (C=O) groups is 2. The molecule has 1 heterocycles. The molecule has 2 atom stereocenters. The number of nitrogens with zero attached hydrogens (tertiary/aromatic N) is 1. The highest BCUT2D eigenvalue weighted by molar-refractivity contribution is 6.07. The molecule has 0 aliphatic carbocycles. The zero-order valence-corrected chi connectivity index (χ0v) is 18.0. The minimum atomic E-state index is -1.27. The fourth-order valence-corrected chi connectivity index (χ4v) is 4.02. The van der Waals surface area contributed by atoms with E-state index in [1.807, 2.05) is 48.5 Å². The lowest BCUT2D eigenvalue weighted by atomic mass is 9.83. The van der Waals surface area contributed by atoms with E-state index in [1.165, 1.54) is 6.07 Å². The molecule has 1 aliphatic heterocycles. The van der Waals surface area contributed by atoms with E-state index in [2.05, 4.69) is 5.32 Å². The van der Waals surface area contributed by atoms with Crippen molar-refractivity contribution in [3.63, 3.8) is 0 Å². The van der Waals surface area contributed by atoms with Gasteiger partial charge in [0.25, 0.3) is 5.91 Å². The summed E-state index contributed by atoms with van der Waals surface area (Å²) < 4.78 is 19.1. The van der Waals surface area contributed by atoms with Crippen LogP contribution in [0.2, 0.25) is 0 Å². The van der Waals surface area contributed by atoms with Crippen molar-refractivity contribution in [1.82, 2.24) is 10.2 Å². The van der Waals surface area contributed by atoms with Gasteiger partial charge < -0.3 is 15.2 Å². The van der Waals surface area contributed by atoms with E-state index in [4.69, 9.17) is 4.74 Å². The fraction of sp³-hybridized carbons (Fsp3) is 0.231. The number of ether oxygens (including phenoxy) is 1. The second kappa shape index (κ2) is 9.94. The number of aliphatic hydroxyl groups excluding tert-OH is 1. The van der Waals surface area contributed by atoms with Crippen molar-refractivity contribution < 1.29 is 23.8 Å². The molecule has 0 bridgehead atoms. The first kappa shape index (κ1) is 22.6. The highest BCUT2D eigenvalue weighted by atomic mass is 19.1. The van der Waals surface area contributed by atoms with Crippen molar-refractivity contribution in [3.8, 4) is 0 Å². The molecule has 3 amide bonds.